The van der Waals surface area contributed by atoms with Gasteiger partial charge in [0.2, 0.25) is 0 Å². The highest BCUT2D eigenvalue weighted by atomic mass is 32.1. The van der Waals surface area contributed by atoms with Gasteiger partial charge >= 0.3 is 5.97 Å². The lowest BCUT2D eigenvalue weighted by Crippen LogP contribution is -2.15. The van der Waals surface area contributed by atoms with Gasteiger partial charge in [0.25, 0.3) is 0 Å². The van der Waals surface area contributed by atoms with Crippen molar-refractivity contribution in [1.82, 2.24) is 4.98 Å². The third-order valence-electron chi connectivity index (χ3n) is 2.35. The molecule has 4 nitrogen and oxygen atoms in total. The number of hydrogen-bond acceptors (Lipinski definition) is 4. The molecular weight excluding hydrogens is 236 g/mol. The largest absolute Gasteiger partial charge is 0.478 e. The van der Waals surface area contributed by atoms with Crippen LogP contribution < -0.4 is 4.90 Å². The zero-order valence-electron chi connectivity index (χ0n) is 10.3. The Morgan fingerprint density at radius 3 is 2.71 bits per heavy atom. The van der Waals surface area contributed by atoms with Crippen molar-refractivity contribution in [2.45, 2.75) is 6.92 Å². The van der Waals surface area contributed by atoms with Gasteiger partial charge in [0.15, 0.2) is 5.13 Å². The normalized spacial score (nSPS) is 11.0. The Kier molecular flexibility index (Phi) is 3.01. The number of carboxylic acid groups (broad SMARTS) is 1. The summed E-state index contributed by atoms with van der Waals surface area (Å²) in [4.78, 5) is 16.8. The van der Waals surface area contributed by atoms with E-state index in [9.17, 15) is 4.79 Å². The smallest absolute Gasteiger partial charge is 0.335 e. The predicted octanol–water partition coefficient (Wildman–Crippen LogP) is 3.00. The van der Waals surface area contributed by atoms with Crippen LogP contribution in [-0.4, -0.2) is 22.6 Å². The topological polar surface area (TPSA) is 53.4 Å². The Labute approximate surface area is 105 Å². The van der Waals surface area contributed by atoms with Crippen LogP contribution in [0.3, 0.4) is 0 Å². The molecule has 1 N–H and O–H groups in total. The Bertz CT molecular complexity index is 553. The van der Waals surface area contributed by atoms with E-state index in [-0.39, 0.29) is 11.7 Å². The zero-order valence-corrected chi connectivity index (χ0v) is 10.1. The number of benzene rings is 1. The van der Waals surface area contributed by atoms with E-state index in [1.165, 1.54) is 11.3 Å². The minimum atomic E-state index is -0.938. The van der Waals surface area contributed by atoms with Gasteiger partial charge < -0.3 is 10.0 Å². The number of anilines is 2. The van der Waals surface area contributed by atoms with E-state index in [0.717, 1.165) is 10.8 Å². The quantitative estimate of drug-likeness (QED) is 0.905. The Morgan fingerprint density at radius 2 is 2.24 bits per heavy atom. The van der Waals surface area contributed by atoms with E-state index in [1.807, 2.05) is 11.8 Å². The number of rotatable bonds is 4. The fourth-order valence-corrected chi connectivity index (χ4v) is 2.20. The fourth-order valence-electron chi connectivity index (χ4n) is 1.52. The third kappa shape index (κ3) is 2.45. The molecule has 1 aromatic heterocycles. The highest BCUT2D eigenvalue weighted by molar-refractivity contribution is 7.13. The van der Waals surface area contributed by atoms with Gasteiger partial charge in [-0.25, -0.2) is 9.78 Å². The van der Waals surface area contributed by atoms with E-state index < -0.39 is 5.97 Å². The minimum absolute atomic E-state index is 0.246. The molecule has 1 heterocycles. The van der Waals surface area contributed by atoms with Crippen molar-refractivity contribution in [2.75, 3.05) is 11.4 Å². The maximum Gasteiger partial charge on any atom is 0.335 e. The number of aromatic carboxylic acids is 1. The molecule has 2 rings (SSSR count). The molecule has 88 valence electrons. The predicted molar refractivity (Wildman–Crippen MR) is 68.2 cm³/mol. The van der Waals surface area contributed by atoms with Gasteiger partial charge in [-0.15, -0.1) is 11.3 Å². The summed E-state index contributed by atoms with van der Waals surface area (Å²) in [6.45, 7) is 2.69. The number of thiazole rings is 1. The first-order chi connectivity index (χ1) is 8.61. The fraction of sp³-hybridized carbons (Fsp3) is 0.167. The van der Waals surface area contributed by atoms with Gasteiger partial charge in [-0.2, -0.15) is 0 Å². The molecule has 0 unspecified atom stereocenters. The van der Waals surface area contributed by atoms with E-state index >= 15 is 0 Å². The van der Waals surface area contributed by atoms with Gasteiger partial charge in [0.1, 0.15) is 0 Å². The summed E-state index contributed by atoms with van der Waals surface area (Å²) >= 11 is 1.40. The molecule has 5 heteroatoms. The van der Waals surface area contributed by atoms with Crippen LogP contribution in [0.25, 0.3) is 0 Å². The van der Waals surface area contributed by atoms with Gasteiger partial charge in [0.05, 0.1) is 6.93 Å². The second-order valence-corrected chi connectivity index (χ2v) is 4.19. The lowest BCUT2D eigenvalue weighted by atomic mass is 10.2. The Balaban J connectivity index is 2.30. The first kappa shape index (κ1) is 10.3. The van der Waals surface area contributed by atoms with E-state index in [0.29, 0.717) is 6.54 Å². The molecule has 17 heavy (non-hydrogen) atoms. The molecule has 0 atom stereocenters. The monoisotopic (exact) mass is 249 g/mol. The van der Waals surface area contributed by atoms with Crippen LogP contribution >= 0.6 is 11.3 Å². The Hall–Kier alpha value is -1.88. The average molecular weight is 249 g/mol. The van der Waals surface area contributed by atoms with Crippen LogP contribution in [0.15, 0.2) is 35.8 Å². The summed E-state index contributed by atoms with van der Waals surface area (Å²) in [7, 11) is 0. The first-order valence-electron chi connectivity index (χ1n) is 5.65. The standard InChI is InChI=1S/C12H12N2O2S/c1-2-14(12-13-7-8-17-12)10-5-3-9(4-6-10)11(15)16/h3-8H,2H2,1H3,(H,15,16)/i7D. The molecule has 0 aliphatic rings. The number of carbonyl (C=O) groups is 1. The molecule has 0 fully saturated rings. The second-order valence-electron chi connectivity index (χ2n) is 3.36. The molecule has 1 aromatic carbocycles. The van der Waals surface area contributed by atoms with Crippen molar-refractivity contribution in [3.63, 3.8) is 0 Å². The maximum atomic E-state index is 10.8. The maximum absolute atomic E-state index is 10.8. The molecule has 0 saturated carbocycles. The summed E-state index contributed by atoms with van der Waals surface area (Å²) in [6.07, 6.45) is 0.246. The molecular formula is C12H12N2O2S. The second kappa shape index (κ2) is 4.97. The highest BCUT2D eigenvalue weighted by Crippen LogP contribution is 2.26. The molecule has 0 radical (unpaired) electrons. The summed E-state index contributed by atoms with van der Waals surface area (Å²) < 4.78 is 7.43. The van der Waals surface area contributed by atoms with Crippen LogP contribution in [0.1, 0.15) is 18.7 Å². The van der Waals surface area contributed by atoms with Crippen LogP contribution in [0, 0.1) is 0 Å². The lowest BCUT2D eigenvalue weighted by molar-refractivity contribution is 0.0697. The third-order valence-corrected chi connectivity index (χ3v) is 3.10. The summed E-state index contributed by atoms with van der Waals surface area (Å²) in [6, 6.07) is 6.63. The van der Waals surface area contributed by atoms with Crippen molar-refractivity contribution in [3.05, 3.63) is 41.4 Å². The molecule has 0 bridgehead atoms. The molecule has 0 aliphatic carbocycles. The van der Waals surface area contributed by atoms with Crippen LogP contribution in [0.5, 0.6) is 0 Å². The Morgan fingerprint density at radius 1 is 1.53 bits per heavy atom. The molecule has 0 spiro atoms. The van der Waals surface area contributed by atoms with Crippen molar-refractivity contribution >= 4 is 28.1 Å². The van der Waals surface area contributed by atoms with Crippen molar-refractivity contribution in [1.29, 1.82) is 0 Å². The molecule has 0 amide bonds. The number of aromatic nitrogens is 1. The summed E-state index contributed by atoms with van der Waals surface area (Å²) in [5, 5.41) is 11.3. The van der Waals surface area contributed by atoms with Crippen molar-refractivity contribution in [2.24, 2.45) is 0 Å². The van der Waals surface area contributed by atoms with Crippen LogP contribution in [-0.2, 0) is 0 Å². The van der Waals surface area contributed by atoms with Crippen LogP contribution in [0.4, 0.5) is 10.8 Å². The van der Waals surface area contributed by atoms with E-state index in [4.69, 9.17) is 6.48 Å². The minimum Gasteiger partial charge on any atom is -0.478 e. The van der Waals surface area contributed by atoms with Gasteiger partial charge in [0, 0.05) is 23.8 Å². The number of carboxylic acids is 1. The lowest BCUT2D eigenvalue weighted by Gasteiger charge is -2.19. The molecule has 0 saturated heterocycles. The SMILES string of the molecule is [2H]c1csc(N(CC)c2ccc(C(=O)O)cc2)n1. The van der Waals surface area contributed by atoms with Crippen molar-refractivity contribution in [3.8, 4) is 0 Å². The van der Waals surface area contributed by atoms with Crippen LogP contribution in [0.2, 0.25) is 0 Å². The van der Waals surface area contributed by atoms with Crippen molar-refractivity contribution < 1.29 is 11.3 Å². The zero-order chi connectivity index (χ0) is 13.1. The molecule has 2 aromatic rings. The average Bonchev–Trinajstić information content (AvgIpc) is 2.77. The van der Waals surface area contributed by atoms with E-state index in [1.54, 1.807) is 29.6 Å². The van der Waals surface area contributed by atoms with Gasteiger partial charge in [-0.05, 0) is 31.2 Å². The number of hydrogen-bond donors (Lipinski definition) is 1. The highest BCUT2D eigenvalue weighted by Gasteiger charge is 2.10. The first-order valence-corrected chi connectivity index (χ1v) is 6.03. The summed E-state index contributed by atoms with van der Waals surface area (Å²) in [5.74, 6) is -0.938. The molecule has 0 aliphatic heterocycles. The summed E-state index contributed by atoms with van der Waals surface area (Å²) in [5.41, 5.74) is 1.13. The van der Waals surface area contributed by atoms with E-state index in [2.05, 4.69) is 4.98 Å². The van der Waals surface area contributed by atoms with Gasteiger partial charge in [-0.3, -0.25) is 0 Å². The van der Waals surface area contributed by atoms with Gasteiger partial charge in [-0.1, -0.05) is 0 Å². The number of nitrogens with zero attached hydrogens (tertiary/aromatic N) is 2.